The second-order valence-corrected chi connectivity index (χ2v) is 22.4. The molecule has 0 aliphatic carbocycles. The van der Waals surface area contributed by atoms with Crippen molar-refractivity contribution in [1.82, 2.24) is 5.32 Å². The van der Waals surface area contributed by atoms with Crippen LogP contribution in [0.15, 0.2) is 48.6 Å². The van der Waals surface area contributed by atoms with E-state index in [1.807, 2.05) is 21.1 Å². The first-order chi connectivity index (χ1) is 33.0. The first kappa shape index (κ1) is 66.5. The number of hydrogen-bond acceptors (Lipinski definition) is 6. The molecular formula is C59H113N2O6P. The molecule has 8 nitrogen and oxygen atoms in total. The maximum atomic E-state index is 12.9. The minimum atomic E-state index is -4.56. The number of allylic oxidation sites excluding steroid dienone is 8. The number of quaternary nitrogens is 1. The number of unbranched alkanes of at least 4 members (excludes halogenated alkanes) is 32. The molecule has 0 aliphatic heterocycles. The Hall–Kier alpha value is -1.54. The van der Waals surface area contributed by atoms with Crippen molar-refractivity contribution in [3.05, 3.63) is 48.6 Å². The number of hydrogen-bond donors (Lipinski definition) is 2. The lowest BCUT2D eigenvalue weighted by Crippen LogP contribution is -2.46. The van der Waals surface area contributed by atoms with Crippen LogP contribution in [0, 0.1) is 0 Å². The largest absolute Gasteiger partial charge is 0.756 e. The van der Waals surface area contributed by atoms with E-state index in [9.17, 15) is 19.4 Å². The zero-order valence-corrected chi connectivity index (χ0v) is 46.5. The van der Waals surface area contributed by atoms with Crippen LogP contribution in [0.25, 0.3) is 0 Å². The van der Waals surface area contributed by atoms with Gasteiger partial charge in [-0.2, -0.15) is 0 Å². The van der Waals surface area contributed by atoms with Crippen LogP contribution >= 0.6 is 7.82 Å². The van der Waals surface area contributed by atoms with Gasteiger partial charge < -0.3 is 28.8 Å². The molecule has 9 heteroatoms. The van der Waals surface area contributed by atoms with Crippen molar-refractivity contribution in [3.63, 3.8) is 0 Å². The summed E-state index contributed by atoms with van der Waals surface area (Å²) in [5, 5.41) is 13.8. The molecule has 0 aromatic heterocycles. The third kappa shape index (κ3) is 52.3. The molecule has 0 saturated heterocycles. The van der Waals surface area contributed by atoms with Crippen molar-refractivity contribution in [2.75, 3.05) is 40.9 Å². The molecule has 0 bridgehead atoms. The first-order valence-electron chi connectivity index (χ1n) is 29.0. The van der Waals surface area contributed by atoms with Gasteiger partial charge in [0, 0.05) is 6.42 Å². The highest BCUT2D eigenvalue weighted by molar-refractivity contribution is 7.45. The monoisotopic (exact) mass is 977 g/mol. The second-order valence-electron chi connectivity index (χ2n) is 21.0. The maximum Gasteiger partial charge on any atom is 0.268 e. The molecule has 0 heterocycles. The summed E-state index contributed by atoms with van der Waals surface area (Å²) in [6.45, 7) is 4.57. The van der Waals surface area contributed by atoms with Gasteiger partial charge in [0.25, 0.3) is 7.82 Å². The molecule has 400 valence electrons. The van der Waals surface area contributed by atoms with Gasteiger partial charge in [-0.15, -0.1) is 0 Å². The van der Waals surface area contributed by atoms with Crippen molar-refractivity contribution in [2.45, 2.75) is 283 Å². The third-order valence-corrected chi connectivity index (χ3v) is 14.0. The van der Waals surface area contributed by atoms with Gasteiger partial charge in [-0.25, -0.2) is 0 Å². The molecule has 0 aromatic rings. The minimum Gasteiger partial charge on any atom is -0.756 e. The molecule has 0 aromatic carbocycles. The van der Waals surface area contributed by atoms with Gasteiger partial charge in [-0.05, 0) is 51.4 Å². The number of phosphoric acid groups is 1. The van der Waals surface area contributed by atoms with Crippen molar-refractivity contribution in [3.8, 4) is 0 Å². The molecule has 1 amide bonds. The van der Waals surface area contributed by atoms with E-state index in [2.05, 4.69) is 67.8 Å². The Kier molecular flexibility index (Phi) is 49.3. The smallest absolute Gasteiger partial charge is 0.268 e. The number of phosphoric ester groups is 1. The Labute approximate surface area is 422 Å². The van der Waals surface area contributed by atoms with E-state index in [1.165, 1.54) is 180 Å². The Morgan fingerprint density at radius 2 is 0.897 bits per heavy atom. The van der Waals surface area contributed by atoms with Gasteiger partial charge in [0.15, 0.2) is 0 Å². The zero-order valence-electron chi connectivity index (χ0n) is 45.6. The number of carbonyl (C=O) groups excluding carboxylic acids is 1. The number of amides is 1. The molecule has 3 unspecified atom stereocenters. The van der Waals surface area contributed by atoms with Gasteiger partial charge in [-0.1, -0.05) is 262 Å². The number of aliphatic hydroxyl groups is 1. The van der Waals surface area contributed by atoms with Crippen molar-refractivity contribution >= 4 is 13.7 Å². The highest BCUT2D eigenvalue weighted by atomic mass is 31.2. The molecule has 0 rings (SSSR count). The topological polar surface area (TPSA) is 108 Å². The van der Waals surface area contributed by atoms with Crippen LogP contribution in [-0.2, 0) is 18.4 Å². The predicted molar refractivity (Wildman–Crippen MR) is 293 cm³/mol. The van der Waals surface area contributed by atoms with Crippen LogP contribution in [0.2, 0.25) is 0 Å². The first-order valence-corrected chi connectivity index (χ1v) is 30.4. The summed E-state index contributed by atoms with van der Waals surface area (Å²) >= 11 is 0. The lowest BCUT2D eigenvalue weighted by atomic mass is 10.0. The average Bonchev–Trinajstić information content (AvgIpc) is 3.30. The molecule has 2 N–H and O–H groups in total. The molecular weight excluding hydrogens is 864 g/mol. The second kappa shape index (κ2) is 50.4. The highest BCUT2D eigenvalue weighted by Gasteiger charge is 2.24. The lowest BCUT2D eigenvalue weighted by Gasteiger charge is -2.30. The zero-order chi connectivity index (χ0) is 49.9. The number of rotatable bonds is 53. The van der Waals surface area contributed by atoms with E-state index in [4.69, 9.17) is 9.05 Å². The minimum absolute atomic E-state index is 0.0132. The summed E-state index contributed by atoms with van der Waals surface area (Å²) < 4.78 is 23.2. The van der Waals surface area contributed by atoms with Crippen LogP contribution in [0.1, 0.15) is 271 Å². The average molecular weight is 978 g/mol. The number of nitrogens with one attached hydrogen (secondary N) is 1. The number of nitrogens with zero attached hydrogens (tertiary/aromatic N) is 1. The molecule has 0 fully saturated rings. The summed E-state index contributed by atoms with van der Waals surface area (Å²) in [5.41, 5.74) is 0. The maximum absolute atomic E-state index is 12.9. The van der Waals surface area contributed by atoms with Gasteiger partial charge in [0.05, 0.1) is 39.9 Å². The van der Waals surface area contributed by atoms with E-state index in [0.29, 0.717) is 23.9 Å². The van der Waals surface area contributed by atoms with E-state index in [1.54, 1.807) is 0 Å². The Balaban J connectivity index is 3.73. The fraction of sp³-hybridized carbons (Fsp3) is 0.847. The number of aliphatic hydroxyl groups excluding tert-OH is 1. The lowest BCUT2D eigenvalue weighted by molar-refractivity contribution is -0.870. The number of likely N-dealkylation sites (N-methyl/N-ethyl adjacent to an activating group) is 1. The van der Waals surface area contributed by atoms with Crippen LogP contribution in [-0.4, -0.2) is 68.5 Å². The predicted octanol–water partition coefficient (Wildman–Crippen LogP) is 16.9. The van der Waals surface area contributed by atoms with Crippen molar-refractivity contribution in [1.29, 1.82) is 0 Å². The van der Waals surface area contributed by atoms with Crippen LogP contribution in [0.4, 0.5) is 0 Å². The molecule has 3 atom stereocenters. The number of carbonyl (C=O) groups is 1. The van der Waals surface area contributed by atoms with E-state index >= 15 is 0 Å². The summed E-state index contributed by atoms with van der Waals surface area (Å²) in [7, 11) is 1.31. The molecule has 0 saturated carbocycles. The highest BCUT2D eigenvalue weighted by Crippen LogP contribution is 2.38. The Morgan fingerprint density at radius 1 is 0.529 bits per heavy atom. The standard InChI is InChI=1S/C59H113N2O6P/c1-6-8-10-12-14-15-16-17-18-19-20-21-22-23-24-25-26-27-28-29-30-31-32-33-34-35-36-37-38-39-40-41-42-43-44-45-47-49-51-53-59(63)60-57(58(62)52-50-48-46-13-11-9-7-2)56-67-68(64,65)66-55-54-61(3,4)5/h8,10,14-15,17-18,20-21,57-58,62H,6-7,9,11-13,16,19,22-56H2,1-5H3,(H-,60,63,64,65)/b10-8-,15-14-,18-17-,21-20-. The molecule has 0 radical (unpaired) electrons. The normalized spacial score (nSPS) is 14.3. The van der Waals surface area contributed by atoms with Crippen LogP contribution in [0.3, 0.4) is 0 Å². The summed E-state index contributed by atoms with van der Waals surface area (Å²) in [5.74, 6) is -0.165. The van der Waals surface area contributed by atoms with Crippen LogP contribution in [0.5, 0.6) is 0 Å². The fourth-order valence-corrected chi connectivity index (χ4v) is 9.29. The molecule has 0 aliphatic rings. The van der Waals surface area contributed by atoms with Gasteiger partial charge in [-0.3, -0.25) is 9.36 Å². The van der Waals surface area contributed by atoms with Gasteiger partial charge in [0.2, 0.25) is 5.91 Å². The molecule has 0 spiro atoms. The SMILES string of the molecule is CC/C=C\C/C=C\C/C=C\C/C=C\CCCCCCCCCCCCCCCCCCCCCCCCCCCCC(=O)NC(COP(=O)([O-])OCC[N+](C)(C)C)C(O)CCCCCCCCC. The third-order valence-electron chi connectivity index (χ3n) is 13.1. The molecule has 68 heavy (non-hydrogen) atoms. The van der Waals surface area contributed by atoms with Gasteiger partial charge >= 0.3 is 0 Å². The van der Waals surface area contributed by atoms with Gasteiger partial charge in [0.1, 0.15) is 13.2 Å². The van der Waals surface area contributed by atoms with Crippen molar-refractivity contribution in [2.24, 2.45) is 0 Å². The van der Waals surface area contributed by atoms with E-state index in [-0.39, 0.29) is 19.1 Å². The summed E-state index contributed by atoms with van der Waals surface area (Å²) in [4.78, 5) is 25.3. The van der Waals surface area contributed by atoms with Crippen LogP contribution < -0.4 is 10.2 Å². The van der Waals surface area contributed by atoms with E-state index < -0.39 is 20.0 Å². The fourth-order valence-electron chi connectivity index (χ4n) is 8.56. The quantitative estimate of drug-likeness (QED) is 0.0272. The summed E-state index contributed by atoms with van der Waals surface area (Å²) in [6, 6.07) is -0.795. The summed E-state index contributed by atoms with van der Waals surface area (Å²) in [6.07, 6.45) is 66.4. The Morgan fingerprint density at radius 3 is 1.31 bits per heavy atom. The van der Waals surface area contributed by atoms with E-state index in [0.717, 1.165) is 64.2 Å². The Bertz CT molecular complexity index is 1250. The van der Waals surface area contributed by atoms with Crippen molar-refractivity contribution < 1.29 is 32.9 Å².